The Morgan fingerprint density at radius 3 is 1.42 bits per heavy atom. The molecule has 12 rings (SSSR count). The van der Waals surface area contributed by atoms with Crippen LogP contribution >= 0.6 is 0 Å². The van der Waals surface area contributed by atoms with Gasteiger partial charge < -0.3 is 8.98 Å². The van der Waals surface area contributed by atoms with Crippen LogP contribution in [0.4, 0.5) is 0 Å². The van der Waals surface area contributed by atoms with E-state index in [2.05, 4.69) is 187 Å². The van der Waals surface area contributed by atoms with Crippen LogP contribution in [0.25, 0.3) is 117 Å². The minimum Gasteiger partial charge on any atom is -0.456 e. The van der Waals surface area contributed by atoms with Crippen molar-refractivity contribution < 1.29 is 4.42 Å². The Morgan fingerprint density at radius 1 is 0.306 bits per heavy atom. The maximum atomic E-state index is 6.75. The molecule has 3 aromatic heterocycles. The van der Waals surface area contributed by atoms with Crippen molar-refractivity contribution in [1.29, 1.82) is 0 Å². The summed E-state index contributed by atoms with van der Waals surface area (Å²) in [7, 11) is 0. The highest BCUT2D eigenvalue weighted by molar-refractivity contribution is 6.24. The Bertz CT molecular complexity index is 3590. The average molecular weight is 793 g/mol. The average Bonchev–Trinajstić information content (AvgIpc) is 3.90. The van der Waals surface area contributed by atoms with Gasteiger partial charge in [0, 0.05) is 38.5 Å². The summed E-state index contributed by atoms with van der Waals surface area (Å²) in [5.74, 6) is 1.80. The molecule has 0 atom stereocenters. The van der Waals surface area contributed by atoms with E-state index in [0.717, 1.165) is 72.0 Å². The SMILES string of the molecule is c1ccc(-c2ccc(-c3cccc(-n4c5ccccc5c5ccc6oc7cc(-c8nc(-c9ccccc9)nc(-c9ccc(-c%10ccccc%10)cc9)n8)ccc7c6c54)c3)cc2)cc1. The molecule has 290 valence electrons. The lowest BCUT2D eigenvalue weighted by Gasteiger charge is -2.11. The minimum absolute atomic E-state index is 0.580. The van der Waals surface area contributed by atoms with E-state index >= 15 is 0 Å². The number of hydrogen-bond donors (Lipinski definition) is 0. The monoisotopic (exact) mass is 792 g/mol. The minimum atomic E-state index is 0.580. The van der Waals surface area contributed by atoms with Crippen molar-refractivity contribution in [3.63, 3.8) is 0 Å². The van der Waals surface area contributed by atoms with Crippen LogP contribution in [-0.2, 0) is 0 Å². The van der Waals surface area contributed by atoms with Crippen LogP contribution in [0, 0.1) is 0 Å². The Kier molecular flexibility index (Phi) is 8.42. The van der Waals surface area contributed by atoms with Gasteiger partial charge in [0.25, 0.3) is 0 Å². The van der Waals surface area contributed by atoms with Crippen LogP contribution in [-0.4, -0.2) is 19.5 Å². The molecule has 0 amide bonds. The third-order valence-electron chi connectivity index (χ3n) is 11.9. The molecular weight excluding hydrogens is 757 g/mol. The Morgan fingerprint density at radius 2 is 0.774 bits per heavy atom. The highest BCUT2D eigenvalue weighted by atomic mass is 16.3. The van der Waals surface area contributed by atoms with Gasteiger partial charge in [-0.15, -0.1) is 0 Å². The topological polar surface area (TPSA) is 56.7 Å². The molecule has 0 aliphatic heterocycles. The molecule has 0 aliphatic rings. The molecule has 0 bridgehead atoms. The lowest BCUT2D eigenvalue weighted by atomic mass is 10.00. The third kappa shape index (κ3) is 6.14. The van der Waals surface area contributed by atoms with Crippen molar-refractivity contribution in [2.24, 2.45) is 0 Å². The zero-order valence-electron chi connectivity index (χ0n) is 33.5. The van der Waals surface area contributed by atoms with Crippen LogP contribution in [0.3, 0.4) is 0 Å². The maximum Gasteiger partial charge on any atom is 0.164 e. The molecule has 5 nitrogen and oxygen atoms in total. The Hall–Kier alpha value is -8.41. The molecule has 0 fully saturated rings. The highest BCUT2D eigenvalue weighted by Crippen LogP contribution is 2.42. The van der Waals surface area contributed by atoms with E-state index in [1.54, 1.807) is 0 Å². The van der Waals surface area contributed by atoms with Gasteiger partial charge in [-0.25, -0.2) is 15.0 Å². The van der Waals surface area contributed by atoms with Crippen molar-refractivity contribution in [1.82, 2.24) is 19.5 Å². The van der Waals surface area contributed by atoms with Gasteiger partial charge in [-0.3, -0.25) is 0 Å². The molecule has 12 aromatic rings. The summed E-state index contributed by atoms with van der Waals surface area (Å²) < 4.78 is 9.14. The lowest BCUT2D eigenvalue weighted by Crippen LogP contribution is -2.00. The second kappa shape index (κ2) is 14.7. The fourth-order valence-electron chi connectivity index (χ4n) is 8.83. The molecule has 0 radical (unpaired) electrons. The molecule has 0 saturated heterocycles. The largest absolute Gasteiger partial charge is 0.456 e. The molecule has 5 heteroatoms. The van der Waals surface area contributed by atoms with E-state index in [1.807, 2.05) is 36.4 Å². The second-order valence-corrected chi connectivity index (χ2v) is 15.6. The highest BCUT2D eigenvalue weighted by Gasteiger charge is 2.21. The predicted octanol–water partition coefficient (Wildman–Crippen LogP) is 14.9. The van der Waals surface area contributed by atoms with Gasteiger partial charge in [0.05, 0.1) is 16.4 Å². The Balaban J connectivity index is 0.988. The Labute approximate surface area is 357 Å². The second-order valence-electron chi connectivity index (χ2n) is 15.6. The van der Waals surface area contributed by atoms with E-state index < -0.39 is 0 Å². The van der Waals surface area contributed by atoms with E-state index in [-0.39, 0.29) is 0 Å². The number of hydrogen-bond acceptors (Lipinski definition) is 4. The number of nitrogens with zero attached hydrogens (tertiary/aromatic N) is 4. The first-order valence-corrected chi connectivity index (χ1v) is 20.8. The maximum absolute atomic E-state index is 6.75. The standard InChI is InChI=1S/C57H36N4O/c1-4-13-37(14-5-1)39-23-25-41(26-24-39)44-19-12-20-46(35-44)61-50-22-11-10-21-47(50)48-33-34-51-53(54(48)61)49-32-31-45(36-52(49)62-51)57-59-55(42-17-8-3-9-18-42)58-56(60-57)43-29-27-40(28-30-43)38-15-6-2-7-16-38/h1-36H. The van der Waals surface area contributed by atoms with E-state index in [9.17, 15) is 0 Å². The first kappa shape index (κ1) is 35.5. The number of aromatic nitrogens is 4. The van der Waals surface area contributed by atoms with Crippen molar-refractivity contribution >= 4 is 43.7 Å². The van der Waals surface area contributed by atoms with Crippen LogP contribution in [0.15, 0.2) is 223 Å². The van der Waals surface area contributed by atoms with Crippen molar-refractivity contribution in [3.8, 4) is 73.2 Å². The van der Waals surface area contributed by atoms with Crippen LogP contribution < -0.4 is 0 Å². The fraction of sp³-hybridized carbons (Fsp3) is 0. The van der Waals surface area contributed by atoms with Gasteiger partial charge in [0.15, 0.2) is 17.5 Å². The van der Waals surface area contributed by atoms with E-state index in [0.29, 0.717) is 17.5 Å². The molecule has 0 saturated carbocycles. The van der Waals surface area contributed by atoms with E-state index in [1.165, 1.54) is 27.5 Å². The van der Waals surface area contributed by atoms with Gasteiger partial charge >= 0.3 is 0 Å². The van der Waals surface area contributed by atoms with Crippen molar-refractivity contribution in [2.75, 3.05) is 0 Å². The zero-order valence-corrected chi connectivity index (χ0v) is 33.5. The molecule has 9 aromatic carbocycles. The number of benzene rings is 9. The third-order valence-corrected chi connectivity index (χ3v) is 11.9. The molecule has 0 spiro atoms. The summed E-state index contributed by atoms with van der Waals surface area (Å²) in [6.07, 6.45) is 0. The summed E-state index contributed by atoms with van der Waals surface area (Å²) in [6, 6.07) is 76.3. The molecular formula is C57H36N4O. The number of rotatable bonds is 7. The van der Waals surface area contributed by atoms with Crippen LogP contribution in [0.1, 0.15) is 0 Å². The molecule has 0 aliphatic carbocycles. The summed E-state index contributed by atoms with van der Waals surface area (Å²) in [5, 5.41) is 4.46. The normalized spacial score (nSPS) is 11.5. The van der Waals surface area contributed by atoms with Crippen LogP contribution in [0.5, 0.6) is 0 Å². The smallest absolute Gasteiger partial charge is 0.164 e. The summed E-state index contributed by atoms with van der Waals surface area (Å²) in [6.45, 7) is 0. The van der Waals surface area contributed by atoms with Crippen molar-refractivity contribution in [3.05, 3.63) is 218 Å². The van der Waals surface area contributed by atoms with E-state index in [4.69, 9.17) is 19.4 Å². The quantitative estimate of drug-likeness (QED) is 0.161. The molecule has 0 N–H and O–H groups in total. The number of para-hydroxylation sites is 1. The summed E-state index contributed by atoms with van der Waals surface area (Å²) in [5.41, 5.74) is 14.6. The molecule has 0 unspecified atom stereocenters. The van der Waals surface area contributed by atoms with Gasteiger partial charge in [-0.2, -0.15) is 0 Å². The van der Waals surface area contributed by atoms with Gasteiger partial charge in [0.1, 0.15) is 11.2 Å². The van der Waals surface area contributed by atoms with Crippen LogP contribution in [0.2, 0.25) is 0 Å². The van der Waals surface area contributed by atoms with Gasteiger partial charge in [-0.1, -0.05) is 176 Å². The zero-order chi connectivity index (χ0) is 41.0. The van der Waals surface area contributed by atoms with Gasteiger partial charge in [-0.05, 0) is 75.8 Å². The fourth-order valence-corrected chi connectivity index (χ4v) is 8.83. The molecule has 3 heterocycles. The first-order valence-electron chi connectivity index (χ1n) is 20.8. The molecule has 62 heavy (non-hydrogen) atoms. The summed E-state index contributed by atoms with van der Waals surface area (Å²) >= 11 is 0. The first-order chi connectivity index (χ1) is 30.7. The van der Waals surface area contributed by atoms with Crippen molar-refractivity contribution in [2.45, 2.75) is 0 Å². The predicted molar refractivity (Wildman–Crippen MR) is 254 cm³/mol. The number of fused-ring (bicyclic) bond motifs is 7. The summed E-state index contributed by atoms with van der Waals surface area (Å²) in [4.78, 5) is 15.1. The van der Waals surface area contributed by atoms with Gasteiger partial charge in [0.2, 0.25) is 0 Å². The lowest BCUT2D eigenvalue weighted by molar-refractivity contribution is 0.669. The number of furan rings is 1.